The second-order valence-electron chi connectivity index (χ2n) is 5.39. The lowest BCUT2D eigenvalue weighted by Crippen LogP contribution is -2.36. The Morgan fingerprint density at radius 3 is 3.04 bits per heavy atom. The highest BCUT2D eigenvalue weighted by Crippen LogP contribution is 2.36. The Morgan fingerprint density at radius 1 is 1.43 bits per heavy atom. The molecule has 2 heterocycles. The number of carbonyl (C=O) groups is 1. The first-order valence-corrected chi connectivity index (χ1v) is 7.80. The second kappa shape index (κ2) is 6.68. The van der Waals surface area contributed by atoms with Crippen LogP contribution in [0.1, 0.15) is 22.5 Å². The van der Waals surface area contributed by atoms with Gasteiger partial charge in [-0.3, -0.25) is 9.48 Å². The van der Waals surface area contributed by atoms with E-state index in [2.05, 4.69) is 5.10 Å². The molecule has 122 valence electrons. The third kappa shape index (κ3) is 3.09. The van der Waals surface area contributed by atoms with Crippen LogP contribution in [0.25, 0.3) is 0 Å². The van der Waals surface area contributed by atoms with Crippen LogP contribution < -0.4 is 4.90 Å². The molecule has 0 saturated carbocycles. The highest BCUT2D eigenvalue weighted by molar-refractivity contribution is 6.34. The number of methoxy groups -OCH3 is 1. The van der Waals surface area contributed by atoms with E-state index in [1.54, 1.807) is 30.1 Å². The number of hydrogen-bond donors (Lipinski definition) is 0. The van der Waals surface area contributed by atoms with Crippen molar-refractivity contribution in [3.8, 4) is 0 Å². The quantitative estimate of drug-likeness (QED) is 0.862. The van der Waals surface area contributed by atoms with E-state index in [-0.39, 0.29) is 10.9 Å². The number of nitrogens with zero attached hydrogens (tertiary/aromatic N) is 3. The van der Waals surface area contributed by atoms with Gasteiger partial charge in [0.05, 0.1) is 18.8 Å². The van der Waals surface area contributed by atoms with Crippen molar-refractivity contribution in [2.75, 3.05) is 25.2 Å². The van der Waals surface area contributed by atoms with Crippen molar-refractivity contribution in [1.82, 2.24) is 9.78 Å². The first-order valence-electron chi connectivity index (χ1n) is 7.43. The number of ether oxygens (including phenoxy) is 1. The van der Waals surface area contributed by atoms with Crippen LogP contribution in [-0.4, -0.2) is 35.9 Å². The van der Waals surface area contributed by atoms with Crippen molar-refractivity contribution in [3.05, 3.63) is 46.5 Å². The summed E-state index contributed by atoms with van der Waals surface area (Å²) in [6.45, 7) is 1.58. The van der Waals surface area contributed by atoms with Crippen LogP contribution in [0.15, 0.2) is 24.4 Å². The summed E-state index contributed by atoms with van der Waals surface area (Å²) >= 11 is 6.10. The van der Waals surface area contributed by atoms with Crippen molar-refractivity contribution >= 4 is 23.2 Å². The van der Waals surface area contributed by atoms with Crippen LogP contribution in [0, 0.1) is 5.82 Å². The van der Waals surface area contributed by atoms with Gasteiger partial charge in [0.25, 0.3) is 5.91 Å². The van der Waals surface area contributed by atoms with Gasteiger partial charge in [-0.15, -0.1) is 0 Å². The van der Waals surface area contributed by atoms with E-state index < -0.39 is 5.82 Å². The molecule has 1 aliphatic rings. The number of rotatable bonds is 4. The first-order chi connectivity index (χ1) is 11.1. The topological polar surface area (TPSA) is 47.4 Å². The van der Waals surface area contributed by atoms with Crippen LogP contribution in [0.3, 0.4) is 0 Å². The third-order valence-electron chi connectivity index (χ3n) is 3.88. The lowest BCUT2D eigenvalue weighted by atomic mass is 10.0. The summed E-state index contributed by atoms with van der Waals surface area (Å²) in [7, 11) is 1.61. The highest BCUT2D eigenvalue weighted by atomic mass is 35.5. The molecular weight excluding hydrogens is 321 g/mol. The summed E-state index contributed by atoms with van der Waals surface area (Å²) in [5, 5.41) is 4.25. The molecule has 1 amide bonds. The SMILES string of the molecule is COCCn1ccc(C(=O)N2CCCc3ccc(F)c(Cl)c32)n1. The van der Waals surface area contributed by atoms with Gasteiger partial charge < -0.3 is 9.64 Å². The van der Waals surface area contributed by atoms with Gasteiger partial charge in [-0.1, -0.05) is 17.7 Å². The van der Waals surface area contributed by atoms with Gasteiger partial charge in [0.1, 0.15) is 10.8 Å². The fourth-order valence-corrected chi connectivity index (χ4v) is 3.03. The first kappa shape index (κ1) is 16.0. The molecule has 7 heteroatoms. The van der Waals surface area contributed by atoms with Gasteiger partial charge in [-0.25, -0.2) is 4.39 Å². The highest BCUT2D eigenvalue weighted by Gasteiger charge is 2.28. The number of aryl methyl sites for hydroxylation is 1. The molecule has 0 atom stereocenters. The van der Waals surface area contributed by atoms with Crippen LogP contribution in [0.4, 0.5) is 10.1 Å². The van der Waals surface area contributed by atoms with Crippen molar-refractivity contribution in [2.45, 2.75) is 19.4 Å². The summed E-state index contributed by atoms with van der Waals surface area (Å²) < 4.78 is 20.4. The van der Waals surface area contributed by atoms with Crippen molar-refractivity contribution in [3.63, 3.8) is 0 Å². The van der Waals surface area contributed by atoms with Crippen molar-refractivity contribution < 1.29 is 13.9 Å². The number of benzene rings is 1. The summed E-state index contributed by atoms with van der Waals surface area (Å²) in [6.07, 6.45) is 3.32. The Morgan fingerprint density at radius 2 is 2.26 bits per heavy atom. The van der Waals surface area contributed by atoms with Crippen LogP contribution >= 0.6 is 11.6 Å². The predicted molar refractivity (Wildman–Crippen MR) is 85.5 cm³/mol. The molecule has 2 aromatic rings. The summed E-state index contributed by atoms with van der Waals surface area (Å²) in [5.41, 5.74) is 1.67. The van der Waals surface area contributed by atoms with Gasteiger partial charge in [0.15, 0.2) is 5.69 Å². The van der Waals surface area contributed by atoms with Gasteiger partial charge >= 0.3 is 0 Å². The molecule has 1 aromatic carbocycles. The molecule has 0 unspecified atom stereocenters. The van der Waals surface area contributed by atoms with Gasteiger partial charge in [-0.05, 0) is 30.5 Å². The van der Waals surface area contributed by atoms with E-state index in [4.69, 9.17) is 16.3 Å². The zero-order valence-corrected chi connectivity index (χ0v) is 13.5. The van der Waals surface area contributed by atoms with Gasteiger partial charge in [0, 0.05) is 19.9 Å². The molecule has 0 N–H and O–H groups in total. The predicted octanol–water partition coefficient (Wildman–Crippen LogP) is 2.92. The minimum Gasteiger partial charge on any atom is -0.383 e. The molecular formula is C16H17ClFN3O2. The van der Waals surface area contributed by atoms with E-state index in [0.29, 0.717) is 31.1 Å². The zero-order valence-electron chi connectivity index (χ0n) is 12.8. The minimum absolute atomic E-state index is 0.00522. The Kier molecular flexibility index (Phi) is 4.63. The van der Waals surface area contributed by atoms with Gasteiger partial charge in [-0.2, -0.15) is 5.10 Å². The maximum Gasteiger partial charge on any atom is 0.278 e. The Labute approximate surface area is 138 Å². The average molecular weight is 338 g/mol. The number of anilines is 1. The van der Waals surface area contributed by atoms with Crippen LogP contribution in [-0.2, 0) is 17.7 Å². The lowest BCUT2D eigenvalue weighted by Gasteiger charge is -2.30. The largest absolute Gasteiger partial charge is 0.383 e. The number of fused-ring (bicyclic) bond motifs is 1. The van der Waals surface area contributed by atoms with Crippen LogP contribution in [0.5, 0.6) is 0 Å². The molecule has 1 aliphatic heterocycles. The number of amides is 1. The molecule has 23 heavy (non-hydrogen) atoms. The Balaban J connectivity index is 1.90. The molecule has 1 aromatic heterocycles. The fraction of sp³-hybridized carbons (Fsp3) is 0.375. The summed E-state index contributed by atoms with van der Waals surface area (Å²) in [5.74, 6) is -0.787. The van der Waals surface area contributed by atoms with E-state index in [0.717, 1.165) is 18.4 Å². The lowest BCUT2D eigenvalue weighted by molar-refractivity contribution is 0.0979. The number of carbonyl (C=O) groups excluding carboxylic acids is 1. The molecule has 0 saturated heterocycles. The standard InChI is InChI=1S/C16H17ClFN3O2/c1-23-10-9-20-8-6-13(19-20)16(22)21-7-2-3-11-4-5-12(18)14(17)15(11)21/h4-6,8H,2-3,7,9-10H2,1H3. The second-order valence-corrected chi connectivity index (χ2v) is 5.76. The zero-order chi connectivity index (χ0) is 16.4. The number of hydrogen-bond acceptors (Lipinski definition) is 3. The Hall–Kier alpha value is -1.92. The molecule has 0 spiro atoms. The van der Waals surface area contributed by atoms with E-state index in [1.165, 1.54) is 11.0 Å². The summed E-state index contributed by atoms with van der Waals surface area (Å²) in [6, 6.07) is 4.68. The van der Waals surface area contributed by atoms with E-state index in [9.17, 15) is 9.18 Å². The van der Waals surface area contributed by atoms with Crippen molar-refractivity contribution in [2.24, 2.45) is 0 Å². The maximum absolute atomic E-state index is 13.8. The maximum atomic E-state index is 13.8. The molecule has 0 radical (unpaired) electrons. The smallest absolute Gasteiger partial charge is 0.278 e. The van der Waals surface area contributed by atoms with Crippen molar-refractivity contribution in [1.29, 1.82) is 0 Å². The molecule has 5 nitrogen and oxygen atoms in total. The monoisotopic (exact) mass is 337 g/mol. The average Bonchev–Trinajstić information content (AvgIpc) is 3.04. The molecule has 0 fully saturated rings. The number of aromatic nitrogens is 2. The normalized spacial score (nSPS) is 14.0. The van der Waals surface area contributed by atoms with Crippen LogP contribution in [0.2, 0.25) is 5.02 Å². The summed E-state index contributed by atoms with van der Waals surface area (Å²) in [4.78, 5) is 14.3. The molecule has 0 aliphatic carbocycles. The minimum atomic E-state index is -0.518. The fourth-order valence-electron chi connectivity index (χ4n) is 2.74. The number of halogens is 2. The van der Waals surface area contributed by atoms with Gasteiger partial charge in [0.2, 0.25) is 0 Å². The third-order valence-corrected chi connectivity index (χ3v) is 4.24. The Bertz CT molecular complexity index is 732. The van der Waals surface area contributed by atoms with E-state index >= 15 is 0 Å². The molecule has 0 bridgehead atoms. The van der Waals surface area contributed by atoms with E-state index in [1.807, 2.05) is 0 Å². The molecule has 3 rings (SSSR count).